The highest BCUT2D eigenvalue weighted by atomic mass is 15.1. The van der Waals surface area contributed by atoms with Crippen LogP contribution in [-0.4, -0.2) is 0 Å². The van der Waals surface area contributed by atoms with Crippen molar-refractivity contribution < 1.29 is 0 Å². The van der Waals surface area contributed by atoms with E-state index in [1.54, 1.807) is 0 Å². The number of anilines is 3. The van der Waals surface area contributed by atoms with Crippen LogP contribution in [-0.2, 0) is 5.41 Å². The Morgan fingerprint density at radius 3 is 1.55 bits per heavy atom. The highest BCUT2D eigenvalue weighted by Gasteiger charge is 2.52. The van der Waals surface area contributed by atoms with Gasteiger partial charge >= 0.3 is 0 Å². The zero-order valence-electron chi connectivity index (χ0n) is 30.7. The molecule has 0 bridgehead atoms. The third-order valence-electron chi connectivity index (χ3n) is 12.4. The number of hydrogen-bond acceptors (Lipinski definition) is 1. The molecule has 0 saturated heterocycles. The predicted octanol–water partition coefficient (Wildman–Crippen LogP) is 14.6. The molecule has 56 heavy (non-hydrogen) atoms. The van der Waals surface area contributed by atoms with Crippen molar-refractivity contribution in [3.8, 4) is 33.4 Å². The van der Waals surface area contributed by atoms with Crippen molar-refractivity contribution in [2.75, 3.05) is 4.90 Å². The number of rotatable bonds is 4. The molecule has 1 nitrogen and oxygen atoms in total. The summed E-state index contributed by atoms with van der Waals surface area (Å²) < 4.78 is 0. The summed E-state index contributed by atoms with van der Waals surface area (Å²) in [6.07, 6.45) is 0. The van der Waals surface area contributed by atoms with E-state index >= 15 is 0 Å². The fourth-order valence-electron chi connectivity index (χ4n) is 10.2. The van der Waals surface area contributed by atoms with Gasteiger partial charge in [0.2, 0.25) is 0 Å². The molecule has 0 N–H and O–H groups in total. The molecule has 0 heterocycles. The van der Waals surface area contributed by atoms with E-state index in [0.717, 1.165) is 11.4 Å². The van der Waals surface area contributed by atoms with Gasteiger partial charge in [0.25, 0.3) is 0 Å². The van der Waals surface area contributed by atoms with Gasteiger partial charge in [0.05, 0.1) is 11.1 Å². The third-order valence-corrected chi connectivity index (χ3v) is 12.4. The van der Waals surface area contributed by atoms with Gasteiger partial charge in [-0.15, -0.1) is 0 Å². The molecular formula is C55H35N. The van der Waals surface area contributed by atoms with Crippen molar-refractivity contribution in [2.24, 2.45) is 0 Å². The highest BCUT2D eigenvalue weighted by molar-refractivity contribution is 6.17. The monoisotopic (exact) mass is 709 g/mol. The lowest BCUT2D eigenvalue weighted by atomic mass is 9.70. The molecule has 0 radical (unpaired) electrons. The first kappa shape index (κ1) is 31.2. The van der Waals surface area contributed by atoms with Crippen LogP contribution in [0.4, 0.5) is 17.1 Å². The Morgan fingerprint density at radius 1 is 0.304 bits per heavy atom. The fourth-order valence-corrected chi connectivity index (χ4v) is 10.2. The molecule has 0 amide bonds. The highest BCUT2D eigenvalue weighted by Crippen LogP contribution is 2.65. The smallest absolute Gasteiger partial charge is 0.0726 e. The number of fused-ring (bicyclic) bond motifs is 15. The molecule has 1 heteroatoms. The molecular weight excluding hydrogens is 675 g/mol. The van der Waals surface area contributed by atoms with Crippen LogP contribution in [0.15, 0.2) is 212 Å². The van der Waals surface area contributed by atoms with Gasteiger partial charge in [0, 0.05) is 16.8 Å². The van der Waals surface area contributed by atoms with Crippen LogP contribution in [0.25, 0.3) is 65.7 Å². The zero-order valence-corrected chi connectivity index (χ0v) is 30.7. The molecule has 1 spiro atoms. The Bertz CT molecular complexity index is 3140. The van der Waals surface area contributed by atoms with Crippen molar-refractivity contribution >= 4 is 49.4 Å². The summed E-state index contributed by atoms with van der Waals surface area (Å²) in [5, 5.41) is 7.57. The molecule has 0 aliphatic heterocycles. The quantitative estimate of drug-likeness (QED) is 0.176. The zero-order chi connectivity index (χ0) is 36.8. The summed E-state index contributed by atoms with van der Waals surface area (Å²) in [4.78, 5) is 2.47. The van der Waals surface area contributed by atoms with Gasteiger partial charge in [-0.1, -0.05) is 182 Å². The standard InChI is InChI=1S/C55H35N/c1-2-18-39(19-3-1)56(40-32-29-38(30-33-40)42-26-14-17-36-15-4-6-20-41(36)42)52-35-51-54(47-25-9-8-24-46(47)52)53-43-21-7-5-16-37(43)31-34-50(53)55(51)48-27-12-10-22-44(48)45-23-11-13-28-49(45)55/h1-35H. The Labute approximate surface area is 326 Å². The van der Waals surface area contributed by atoms with Gasteiger partial charge < -0.3 is 4.90 Å². The van der Waals surface area contributed by atoms with Crippen molar-refractivity contribution in [2.45, 2.75) is 5.41 Å². The summed E-state index contributed by atoms with van der Waals surface area (Å²) in [5.41, 5.74) is 16.1. The minimum atomic E-state index is -0.485. The van der Waals surface area contributed by atoms with E-state index < -0.39 is 5.41 Å². The molecule has 0 unspecified atom stereocenters. The lowest BCUT2D eigenvalue weighted by molar-refractivity contribution is 0.795. The molecule has 2 aliphatic carbocycles. The minimum absolute atomic E-state index is 0.485. The molecule has 10 aromatic rings. The summed E-state index contributed by atoms with van der Waals surface area (Å²) in [7, 11) is 0. The van der Waals surface area contributed by atoms with Gasteiger partial charge in [0.15, 0.2) is 0 Å². The molecule has 0 fully saturated rings. The van der Waals surface area contributed by atoms with Gasteiger partial charge in [-0.3, -0.25) is 0 Å². The van der Waals surface area contributed by atoms with Gasteiger partial charge in [-0.05, 0) is 113 Å². The maximum Gasteiger partial charge on any atom is 0.0726 e. The first-order valence-corrected chi connectivity index (χ1v) is 19.5. The minimum Gasteiger partial charge on any atom is -0.310 e. The fraction of sp³-hybridized carbons (Fsp3) is 0.0182. The molecule has 2 aliphatic rings. The average molecular weight is 710 g/mol. The second kappa shape index (κ2) is 11.9. The van der Waals surface area contributed by atoms with Crippen LogP contribution in [0, 0.1) is 0 Å². The van der Waals surface area contributed by atoms with Gasteiger partial charge in [0.1, 0.15) is 0 Å². The SMILES string of the molecule is c1ccc(N(c2ccc(-c3cccc4ccccc34)cc2)c2cc3c(c4ccccc24)-c2c(ccc4ccccc24)C32c3ccccc3-c3ccccc32)cc1. The summed E-state index contributed by atoms with van der Waals surface area (Å²) in [6.45, 7) is 0. The van der Waals surface area contributed by atoms with Crippen LogP contribution >= 0.6 is 0 Å². The molecule has 260 valence electrons. The maximum absolute atomic E-state index is 2.54. The van der Waals surface area contributed by atoms with Gasteiger partial charge in [-0.2, -0.15) is 0 Å². The molecule has 0 aromatic heterocycles. The van der Waals surface area contributed by atoms with E-state index in [-0.39, 0.29) is 0 Å². The Kier molecular flexibility index (Phi) is 6.62. The van der Waals surface area contributed by atoms with Crippen LogP contribution in [0.2, 0.25) is 0 Å². The Morgan fingerprint density at radius 2 is 0.821 bits per heavy atom. The molecule has 12 rings (SSSR count). The van der Waals surface area contributed by atoms with Crippen molar-refractivity contribution in [3.63, 3.8) is 0 Å². The predicted molar refractivity (Wildman–Crippen MR) is 235 cm³/mol. The lowest BCUT2D eigenvalue weighted by Gasteiger charge is -2.33. The van der Waals surface area contributed by atoms with E-state index in [2.05, 4.69) is 217 Å². The summed E-state index contributed by atoms with van der Waals surface area (Å²) in [5.74, 6) is 0. The second-order valence-electron chi connectivity index (χ2n) is 15.2. The Balaban J connectivity index is 1.18. The van der Waals surface area contributed by atoms with E-state index in [1.807, 2.05) is 0 Å². The largest absolute Gasteiger partial charge is 0.310 e. The lowest BCUT2D eigenvalue weighted by Crippen LogP contribution is -2.26. The van der Waals surface area contributed by atoms with Crippen LogP contribution in [0.5, 0.6) is 0 Å². The first-order chi connectivity index (χ1) is 27.8. The number of benzene rings is 10. The maximum atomic E-state index is 2.54. The van der Waals surface area contributed by atoms with Crippen LogP contribution in [0.1, 0.15) is 22.3 Å². The van der Waals surface area contributed by atoms with E-state index in [1.165, 1.54) is 93.6 Å². The van der Waals surface area contributed by atoms with Crippen LogP contribution < -0.4 is 4.90 Å². The summed E-state index contributed by atoms with van der Waals surface area (Å²) in [6, 6.07) is 78.8. The topological polar surface area (TPSA) is 3.24 Å². The van der Waals surface area contributed by atoms with Crippen molar-refractivity contribution in [1.82, 2.24) is 0 Å². The average Bonchev–Trinajstić information content (AvgIpc) is 3.75. The van der Waals surface area contributed by atoms with E-state index in [9.17, 15) is 0 Å². The van der Waals surface area contributed by atoms with E-state index in [4.69, 9.17) is 0 Å². The van der Waals surface area contributed by atoms with Crippen molar-refractivity contribution in [3.05, 3.63) is 235 Å². The van der Waals surface area contributed by atoms with Gasteiger partial charge in [-0.25, -0.2) is 0 Å². The molecule has 0 saturated carbocycles. The second-order valence-corrected chi connectivity index (χ2v) is 15.2. The van der Waals surface area contributed by atoms with E-state index in [0.29, 0.717) is 0 Å². The summed E-state index contributed by atoms with van der Waals surface area (Å²) >= 11 is 0. The number of para-hydroxylation sites is 1. The number of nitrogens with zero attached hydrogens (tertiary/aromatic N) is 1. The Hall–Kier alpha value is -7.22. The van der Waals surface area contributed by atoms with Crippen molar-refractivity contribution in [1.29, 1.82) is 0 Å². The normalized spacial score (nSPS) is 13.1. The molecule has 10 aromatic carbocycles. The third kappa shape index (κ3) is 4.20. The van der Waals surface area contributed by atoms with Crippen LogP contribution in [0.3, 0.4) is 0 Å². The number of hydrogen-bond donors (Lipinski definition) is 0. The first-order valence-electron chi connectivity index (χ1n) is 19.5. The molecule has 0 atom stereocenters.